The highest BCUT2D eigenvalue weighted by Crippen LogP contribution is 2.35. The van der Waals surface area contributed by atoms with Gasteiger partial charge < -0.3 is 9.47 Å². The fourth-order valence-corrected chi connectivity index (χ4v) is 4.11. The van der Waals surface area contributed by atoms with Crippen LogP contribution in [0.2, 0.25) is 10.0 Å². The molecule has 5 nitrogen and oxygen atoms in total. The van der Waals surface area contributed by atoms with Gasteiger partial charge in [-0.25, -0.2) is 8.42 Å². The van der Waals surface area contributed by atoms with Crippen LogP contribution in [-0.4, -0.2) is 45.6 Å². The van der Waals surface area contributed by atoms with E-state index in [1.54, 1.807) is 0 Å². The molecule has 20 heavy (non-hydrogen) atoms. The predicted molar refractivity (Wildman–Crippen MR) is 77.2 cm³/mol. The van der Waals surface area contributed by atoms with Crippen molar-refractivity contribution in [2.24, 2.45) is 0 Å². The van der Waals surface area contributed by atoms with E-state index in [0.29, 0.717) is 38.7 Å². The Labute approximate surface area is 128 Å². The van der Waals surface area contributed by atoms with E-state index in [4.69, 9.17) is 32.7 Å². The third kappa shape index (κ3) is 3.20. The maximum atomic E-state index is 12.5. The van der Waals surface area contributed by atoms with Gasteiger partial charge in [0.1, 0.15) is 10.6 Å². The average Bonchev–Trinajstić information content (AvgIpc) is 2.43. The molecule has 1 aromatic rings. The molecular weight excluding hydrogens is 325 g/mol. The fourth-order valence-electron chi connectivity index (χ4n) is 1.90. The lowest BCUT2D eigenvalue weighted by Crippen LogP contribution is -2.40. The lowest BCUT2D eigenvalue weighted by molar-refractivity contribution is 0.0730. The van der Waals surface area contributed by atoms with Crippen molar-refractivity contribution < 1.29 is 17.9 Å². The van der Waals surface area contributed by atoms with Gasteiger partial charge in [-0.15, -0.1) is 0 Å². The summed E-state index contributed by atoms with van der Waals surface area (Å²) in [5.41, 5.74) is 0. The van der Waals surface area contributed by atoms with E-state index in [1.807, 2.05) is 6.92 Å². The molecule has 0 bridgehead atoms. The number of hydrogen-bond acceptors (Lipinski definition) is 4. The lowest BCUT2D eigenvalue weighted by atomic mass is 10.3. The molecule has 2 rings (SSSR count). The number of benzene rings is 1. The Bertz CT molecular complexity index is 585. The molecule has 8 heteroatoms. The predicted octanol–water partition coefficient (Wildman–Crippen LogP) is 2.41. The standard InChI is InChI=1S/C12H15Cl2NO4S/c1-2-19-11-7-10(14)12(8-9(11)13)20(16,17)15-3-5-18-6-4-15/h7-8H,2-6H2,1H3. The maximum absolute atomic E-state index is 12.5. The van der Waals surface area contributed by atoms with E-state index in [9.17, 15) is 8.42 Å². The molecule has 1 saturated heterocycles. The van der Waals surface area contributed by atoms with Gasteiger partial charge in [0.25, 0.3) is 0 Å². The summed E-state index contributed by atoms with van der Waals surface area (Å²) in [6.07, 6.45) is 0. The maximum Gasteiger partial charge on any atom is 0.244 e. The van der Waals surface area contributed by atoms with Crippen LogP contribution in [0.5, 0.6) is 5.75 Å². The highest BCUT2D eigenvalue weighted by atomic mass is 35.5. The van der Waals surface area contributed by atoms with Gasteiger partial charge in [-0.05, 0) is 13.0 Å². The molecule has 0 spiro atoms. The number of ether oxygens (including phenoxy) is 2. The molecule has 1 aromatic carbocycles. The first-order valence-electron chi connectivity index (χ1n) is 6.16. The summed E-state index contributed by atoms with van der Waals surface area (Å²) in [4.78, 5) is -0.00507. The molecular formula is C12H15Cl2NO4S. The van der Waals surface area contributed by atoms with Crippen LogP contribution in [0.1, 0.15) is 6.92 Å². The van der Waals surface area contributed by atoms with Crippen molar-refractivity contribution in [3.8, 4) is 5.75 Å². The minimum atomic E-state index is -3.67. The van der Waals surface area contributed by atoms with Gasteiger partial charge in [-0.3, -0.25) is 0 Å². The van der Waals surface area contributed by atoms with E-state index in [1.165, 1.54) is 16.4 Å². The minimum Gasteiger partial charge on any atom is -0.492 e. The van der Waals surface area contributed by atoms with Crippen LogP contribution >= 0.6 is 23.2 Å². The van der Waals surface area contributed by atoms with E-state index in [0.717, 1.165) is 0 Å². The van der Waals surface area contributed by atoms with Gasteiger partial charge in [0.05, 0.1) is 29.9 Å². The molecule has 1 heterocycles. The molecule has 1 aliphatic rings. The van der Waals surface area contributed by atoms with Crippen LogP contribution in [0.4, 0.5) is 0 Å². The zero-order chi connectivity index (χ0) is 14.8. The van der Waals surface area contributed by atoms with Crippen LogP contribution in [0.25, 0.3) is 0 Å². The third-order valence-electron chi connectivity index (χ3n) is 2.87. The van der Waals surface area contributed by atoms with Gasteiger partial charge in [-0.1, -0.05) is 23.2 Å². The van der Waals surface area contributed by atoms with Gasteiger partial charge >= 0.3 is 0 Å². The topological polar surface area (TPSA) is 55.8 Å². The number of sulfonamides is 1. The molecule has 0 unspecified atom stereocenters. The Kier molecular flexibility index (Phi) is 5.14. The number of hydrogen-bond donors (Lipinski definition) is 0. The Morgan fingerprint density at radius 2 is 1.90 bits per heavy atom. The van der Waals surface area contributed by atoms with Crippen molar-refractivity contribution in [1.82, 2.24) is 4.31 Å². The van der Waals surface area contributed by atoms with Crippen molar-refractivity contribution >= 4 is 33.2 Å². The molecule has 1 aliphatic heterocycles. The van der Waals surface area contributed by atoms with Crippen LogP contribution in [0, 0.1) is 0 Å². The largest absolute Gasteiger partial charge is 0.492 e. The smallest absolute Gasteiger partial charge is 0.244 e. The first-order valence-corrected chi connectivity index (χ1v) is 8.36. The fraction of sp³-hybridized carbons (Fsp3) is 0.500. The molecule has 0 radical (unpaired) electrons. The average molecular weight is 340 g/mol. The number of rotatable bonds is 4. The van der Waals surface area contributed by atoms with Crippen LogP contribution in [0.3, 0.4) is 0 Å². The Balaban J connectivity index is 2.38. The van der Waals surface area contributed by atoms with E-state index < -0.39 is 10.0 Å². The normalized spacial score (nSPS) is 17.1. The quantitative estimate of drug-likeness (QED) is 0.845. The first kappa shape index (κ1) is 15.9. The van der Waals surface area contributed by atoms with Crippen molar-refractivity contribution in [2.45, 2.75) is 11.8 Å². The Morgan fingerprint density at radius 3 is 2.50 bits per heavy atom. The van der Waals surface area contributed by atoms with Crippen LogP contribution < -0.4 is 4.74 Å². The summed E-state index contributed by atoms with van der Waals surface area (Å²) < 4.78 is 36.8. The van der Waals surface area contributed by atoms with Crippen LogP contribution in [0.15, 0.2) is 17.0 Å². The van der Waals surface area contributed by atoms with Gasteiger partial charge in [-0.2, -0.15) is 4.31 Å². The summed E-state index contributed by atoms with van der Waals surface area (Å²) in [5, 5.41) is 0.326. The minimum absolute atomic E-state index is 0.00507. The highest BCUT2D eigenvalue weighted by molar-refractivity contribution is 7.89. The monoisotopic (exact) mass is 339 g/mol. The SMILES string of the molecule is CCOc1cc(Cl)c(S(=O)(=O)N2CCOCC2)cc1Cl. The summed E-state index contributed by atoms with van der Waals surface area (Å²) in [5.74, 6) is 0.375. The van der Waals surface area contributed by atoms with Crippen molar-refractivity contribution in [3.05, 3.63) is 22.2 Å². The molecule has 1 fully saturated rings. The van der Waals surface area contributed by atoms with Gasteiger partial charge in [0, 0.05) is 19.2 Å². The third-order valence-corrected chi connectivity index (χ3v) is 5.53. The molecule has 0 atom stereocenters. The molecule has 0 saturated carbocycles. The Morgan fingerprint density at radius 1 is 1.25 bits per heavy atom. The molecule has 0 aliphatic carbocycles. The molecule has 0 N–H and O–H groups in total. The van der Waals surface area contributed by atoms with Crippen LogP contribution in [-0.2, 0) is 14.8 Å². The second-order valence-electron chi connectivity index (χ2n) is 4.16. The molecule has 0 amide bonds. The lowest BCUT2D eigenvalue weighted by Gasteiger charge is -2.26. The zero-order valence-electron chi connectivity index (χ0n) is 10.9. The number of nitrogens with zero attached hydrogens (tertiary/aromatic N) is 1. The second kappa shape index (κ2) is 6.49. The second-order valence-corrected chi connectivity index (χ2v) is 6.88. The summed E-state index contributed by atoms with van der Waals surface area (Å²) >= 11 is 12.1. The summed E-state index contributed by atoms with van der Waals surface area (Å²) in [6.45, 7) is 3.60. The number of morpholine rings is 1. The van der Waals surface area contributed by atoms with Crippen molar-refractivity contribution in [1.29, 1.82) is 0 Å². The van der Waals surface area contributed by atoms with Crippen molar-refractivity contribution in [2.75, 3.05) is 32.9 Å². The molecule has 112 valence electrons. The van der Waals surface area contributed by atoms with E-state index in [-0.39, 0.29) is 14.9 Å². The first-order chi connectivity index (χ1) is 9.46. The number of halogens is 2. The summed E-state index contributed by atoms with van der Waals surface area (Å²) in [7, 11) is -3.67. The zero-order valence-corrected chi connectivity index (χ0v) is 13.3. The summed E-state index contributed by atoms with van der Waals surface area (Å²) in [6, 6.07) is 2.76. The van der Waals surface area contributed by atoms with E-state index in [2.05, 4.69) is 0 Å². The Hall–Kier alpha value is -0.530. The highest BCUT2D eigenvalue weighted by Gasteiger charge is 2.29. The van der Waals surface area contributed by atoms with Gasteiger partial charge in [0.2, 0.25) is 10.0 Å². The van der Waals surface area contributed by atoms with E-state index >= 15 is 0 Å². The van der Waals surface area contributed by atoms with Gasteiger partial charge in [0.15, 0.2) is 0 Å². The molecule has 0 aromatic heterocycles. The van der Waals surface area contributed by atoms with Crippen molar-refractivity contribution in [3.63, 3.8) is 0 Å².